The van der Waals surface area contributed by atoms with Crippen molar-refractivity contribution in [2.45, 2.75) is 18.0 Å². The van der Waals surface area contributed by atoms with Crippen molar-refractivity contribution in [3.63, 3.8) is 0 Å². The smallest absolute Gasteiger partial charge is 0.166 e. The Kier molecular flexibility index (Phi) is 5.23. The molecular weight excluding hydrogens is 388 g/mol. The fourth-order valence-electron chi connectivity index (χ4n) is 2.01. The van der Waals surface area contributed by atoms with E-state index in [4.69, 9.17) is 23.2 Å². The van der Waals surface area contributed by atoms with Gasteiger partial charge < -0.3 is 0 Å². The Labute approximate surface area is 139 Å². The van der Waals surface area contributed by atoms with Crippen LogP contribution in [0.1, 0.15) is 22.1 Å². The molecule has 0 saturated heterocycles. The molecule has 2 rings (SSSR count). The third-order valence-electron chi connectivity index (χ3n) is 3.02. The molecule has 0 fully saturated rings. The summed E-state index contributed by atoms with van der Waals surface area (Å²) >= 11 is 15.3. The second-order valence-electron chi connectivity index (χ2n) is 4.49. The van der Waals surface area contributed by atoms with Crippen LogP contribution in [0.25, 0.3) is 0 Å². The quantitative estimate of drug-likeness (QED) is 0.509. The maximum Gasteiger partial charge on any atom is 0.416 e. The van der Waals surface area contributed by atoms with Crippen LogP contribution in [0, 0.1) is 0 Å². The van der Waals surface area contributed by atoms with Crippen molar-refractivity contribution in [3.8, 4) is 0 Å². The molecule has 0 bridgehead atoms. The molecule has 0 N–H and O–H groups in total. The van der Waals surface area contributed by atoms with Gasteiger partial charge >= 0.3 is 6.18 Å². The minimum Gasteiger partial charge on any atom is -0.166 e. The van der Waals surface area contributed by atoms with Gasteiger partial charge in [0.2, 0.25) is 0 Å². The predicted octanol–water partition coefficient (Wildman–Crippen LogP) is 6.64. The van der Waals surface area contributed by atoms with Gasteiger partial charge in [0.05, 0.1) is 10.9 Å². The highest BCUT2D eigenvalue weighted by Gasteiger charge is 2.35. The van der Waals surface area contributed by atoms with Crippen LogP contribution in [0.3, 0.4) is 0 Å². The van der Waals surface area contributed by atoms with Gasteiger partial charge in [0, 0.05) is 9.50 Å². The summed E-state index contributed by atoms with van der Waals surface area (Å²) in [6.45, 7) is 0. The largest absolute Gasteiger partial charge is 0.416 e. The molecule has 21 heavy (non-hydrogen) atoms. The predicted molar refractivity (Wildman–Crippen MR) is 82.9 cm³/mol. The molecule has 0 amide bonds. The van der Waals surface area contributed by atoms with Crippen molar-refractivity contribution >= 4 is 39.1 Å². The van der Waals surface area contributed by atoms with E-state index in [1.165, 1.54) is 6.07 Å². The summed E-state index contributed by atoms with van der Waals surface area (Å²) in [4.78, 5) is 0. The van der Waals surface area contributed by atoms with E-state index in [2.05, 4.69) is 15.9 Å². The maximum atomic E-state index is 13.1. The summed E-state index contributed by atoms with van der Waals surface area (Å²) in [7, 11) is 0. The number of hydrogen-bond donors (Lipinski definition) is 0. The van der Waals surface area contributed by atoms with Gasteiger partial charge in [-0.1, -0.05) is 51.8 Å². The van der Waals surface area contributed by atoms with E-state index in [-0.39, 0.29) is 12.0 Å². The Hall–Kier alpha value is -0.710. The van der Waals surface area contributed by atoms with Crippen LogP contribution in [0.2, 0.25) is 5.02 Å². The van der Waals surface area contributed by atoms with E-state index < -0.39 is 17.1 Å². The first kappa shape index (κ1) is 16.7. The Balaban J connectivity index is 2.36. The highest BCUT2D eigenvalue weighted by Crippen LogP contribution is 2.39. The zero-order chi connectivity index (χ0) is 15.6. The fraction of sp³-hybridized carbons (Fsp3) is 0.200. The molecule has 0 heterocycles. The van der Waals surface area contributed by atoms with Gasteiger partial charge in [-0.05, 0) is 35.7 Å². The van der Waals surface area contributed by atoms with Crippen LogP contribution in [-0.2, 0) is 12.6 Å². The Morgan fingerprint density at radius 1 is 1.10 bits per heavy atom. The van der Waals surface area contributed by atoms with Crippen molar-refractivity contribution in [1.82, 2.24) is 0 Å². The van der Waals surface area contributed by atoms with Crippen molar-refractivity contribution in [2.24, 2.45) is 0 Å². The lowest BCUT2D eigenvalue weighted by Gasteiger charge is -2.18. The van der Waals surface area contributed by atoms with E-state index in [0.717, 1.165) is 11.6 Å². The second-order valence-corrected chi connectivity index (χ2v) is 6.34. The van der Waals surface area contributed by atoms with Crippen LogP contribution in [0.4, 0.5) is 13.2 Å². The second kappa shape index (κ2) is 6.59. The summed E-state index contributed by atoms with van der Waals surface area (Å²) < 4.78 is 39.7. The molecular formula is C15H10BrCl2F3. The number of rotatable bonds is 3. The van der Waals surface area contributed by atoms with Gasteiger partial charge in [0.1, 0.15) is 0 Å². The maximum absolute atomic E-state index is 13.1. The molecule has 0 aliphatic rings. The molecule has 0 radical (unpaired) electrons. The summed E-state index contributed by atoms with van der Waals surface area (Å²) in [6.07, 6.45) is -4.22. The molecule has 2 aromatic carbocycles. The molecule has 0 aliphatic heterocycles. The number of alkyl halides is 4. The molecule has 0 aliphatic carbocycles. The third-order valence-corrected chi connectivity index (χ3v) is 4.27. The standard InChI is InChI=1S/C15H10BrCl2F3/c16-10-5-6-11(12(8-10)15(19,20)21)14(18)7-9-3-1-2-4-13(9)17/h1-6,8,14H,7H2. The SMILES string of the molecule is FC(F)(F)c1cc(Br)ccc1C(Cl)Cc1ccccc1Cl. The first-order valence-electron chi connectivity index (χ1n) is 6.03. The van der Waals surface area contributed by atoms with E-state index in [9.17, 15) is 13.2 Å². The zero-order valence-corrected chi connectivity index (χ0v) is 13.7. The van der Waals surface area contributed by atoms with Crippen LogP contribution >= 0.6 is 39.1 Å². The highest BCUT2D eigenvalue weighted by molar-refractivity contribution is 9.10. The first-order valence-corrected chi connectivity index (χ1v) is 7.64. The monoisotopic (exact) mass is 396 g/mol. The molecule has 2 aromatic rings. The lowest BCUT2D eigenvalue weighted by molar-refractivity contribution is -0.138. The summed E-state index contributed by atoms with van der Waals surface area (Å²) in [5.74, 6) is 0. The van der Waals surface area contributed by atoms with Gasteiger partial charge in [-0.15, -0.1) is 11.6 Å². The van der Waals surface area contributed by atoms with E-state index >= 15 is 0 Å². The van der Waals surface area contributed by atoms with Crippen molar-refractivity contribution in [3.05, 3.63) is 68.7 Å². The van der Waals surface area contributed by atoms with Crippen molar-refractivity contribution in [1.29, 1.82) is 0 Å². The third kappa shape index (κ3) is 4.15. The highest BCUT2D eigenvalue weighted by atomic mass is 79.9. The van der Waals surface area contributed by atoms with Crippen molar-refractivity contribution in [2.75, 3.05) is 0 Å². The first-order chi connectivity index (χ1) is 9.79. The fourth-order valence-corrected chi connectivity index (χ4v) is 2.94. The summed E-state index contributed by atoms with van der Waals surface area (Å²) in [5.41, 5.74) is 0.0337. The topological polar surface area (TPSA) is 0 Å². The molecule has 1 unspecified atom stereocenters. The molecule has 112 valence electrons. The number of benzene rings is 2. The van der Waals surface area contributed by atoms with Crippen LogP contribution in [-0.4, -0.2) is 0 Å². The normalized spacial score (nSPS) is 13.2. The van der Waals surface area contributed by atoms with E-state index in [1.807, 2.05) is 0 Å². The molecule has 0 nitrogen and oxygen atoms in total. The molecule has 0 spiro atoms. The average Bonchev–Trinajstić information content (AvgIpc) is 2.40. The molecule has 0 aromatic heterocycles. The van der Waals surface area contributed by atoms with Gasteiger partial charge in [-0.2, -0.15) is 13.2 Å². The molecule has 1 atom stereocenters. The van der Waals surface area contributed by atoms with Crippen molar-refractivity contribution < 1.29 is 13.2 Å². The van der Waals surface area contributed by atoms with Crippen LogP contribution < -0.4 is 0 Å². The Bertz CT molecular complexity index is 641. The van der Waals surface area contributed by atoms with Gasteiger partial charge in [0.25, 0.3) is 0 Å². The molecule has 6 heteroatoms. The lowest BCUT2D eigenvalue weighted by Crippen LogP contribution is -2.11. The van der Waals surface area contributed by atoms with Gasteiger partial charge in [-0.3, -0.25) is 0 Å². The number of halogens is 6. The van der Waals surface area contributed by atoms with Crippen LogP contribution in [0.5, 0.6) is 0 Å². The molecule has 0 saturated carbocycles. The van der Waals surface area contributed by atoms with Crippen LogP contribution in [0.15, 0.2) is 46.9 Å². The number of hydrogen-bond acceptors (Lipinski definition) is 0. The lowest BCUT2D eigenvalue weighted by atomic mass is 9.99. The average molecular weight is 398 g/mol. The van der Waals surface area contributed by atoms with E-state index in [1.54, 1.807) is 30.3 Å². The summed E-state index contributed by atoms with van der Waals surface area (Å²) in [6, 6.07) is 11.0. The van der Waals surface area contributed by atoms with E-state index in [0.29, 0.717) is 9.50 Å². The Morgan fingerprint density at radius 2 is 1.76 bits per heavy atom. The zero-order valence-electron chi connectivity index (χ0n) is 10.6. The van der Waals surface area contributed by atoms with Gasteiger partial charge in [0.15, 0.2) is 0 Å². The Morgan fingerprint density at radius 3 is 2.38 bits per heavy atom. The minimum absolute atomic E-state index is 0.0484. The summed E-state index contributed by atoms with van der Waals surface area (Å²) in [5, 5.41) is -0.316. The minimum atomic E-state index is -4.45. The van der Waals surface area contributed by atoms with Gasteiger partial charge in [-0.25, -0.2) is 0 Å².